The summed E-state index contributed by atoms with van der Waals surface area (Å²) in [6.45, 7) is 0.334. The maximum Gasteiger partial charge on any atom is 0.251 e. The van der Waals surface area contributed by atoms with Crippen molar-refractivity contribution in [2.45, 2.75) is 24.4 Å². The van der Waals surface area contributed by atoms with Crippen molar-refractivity contribution in [1.29, 1.82) is 5.26 Å². The largest absolute Gasteiger partial charge is 0.389 e. The Kier molecular flexibility index (Phi) is 4.38. The van der Waals surface area contributed by atoms with E-state index in [9.17, 15) is 9.90 Å². The van der Waals surface area contributed by atoms with Crippen LogP contribution < -0.4 is 5.32 Å². The summed E-state index contributed by atoms with van der Waals surface area (Å²) >= 11 is 0. The first-order chi connectivity index (χ1) is 9.61. The van der Waals surface area contributed by atoms with E-state index in [-0.39, 0.29) is 24.5 Å². The maximum atomic E-state index is 11.9. The lowest BCUT2D eigenvalue weighted by molar-refractivity contribution is 0.0610. The molecule has 1 fully saturated rings. The summed E-state index contributed by atoms with van der Waals surface area (Å²) < 4.78 is 4.78. The number of benzene rings is 1. The first kappa shape index (κ1) is 14.5. The van der Waals surface area contributed by atoms with Crippen molar-refractivity contribution in [1.82, 2.24) is 5.32 Å². The molecular formula is C15H18N2O3. The molecule has 1 unspecified atom stereocenters. The molecule has 0 aromatic heterocycles. The van der Waals surface area contributed by atoms with Gasteiger partial charge in [-0.05, 0) is 30.5 Å². The van der Waals surface area contributed by atoms with E-state index >= 15 is 0 Å². The lowest BCUT2D eigenvalue weighted by Gasteiger charge is -2.11. The van der Waals surface area contributed by atoms with Gasteiger partial charge >= 0.3 is 0 Å². The standard InChI is InChI=1S/C15H18N2O3/c1-20-9-13(18)8-17-14(19)11-2-4-12(5-3-11)15(10-16)6-7-15/h2-5,13,18H,6-9H2,1H3,(H,17,19). The van der Waals surface area contributed by atoms with Gasteiger partial charge in [0.25, 0.3) is 5.91 Å². The number of carbonyl (C=O) groups is 1. The normalized spacial score (nSPS) is 17.1. The summed E-state index contributed by atoms with van der Waals surface area (Å²) in [5.74, 6) is -0.242. The van der Waals surface area contributed by atoms with Crippen LogP contribution in [-0.4, -0.2) is 37.4 Å². The Morgan fingerprint density at radius 2 is 2.15 bits per heavy atom. The molecule has 0 spiro atoms. The Balaban J connectivity index is 1.93. The molecule has 5 heteroatoms. The predicted octanol–water partition coefficient (Wildman–Crippen LogP) is 0.979. The van der Waals surface area contributed by atoms with Gasteiger partial charge in [-0.1, -0.05) is 12.1 Å². The Morgan fingerprint density at radius 1 is 1.50 bits per heavy atom. The zero-order chi connectivity index (χ0) is 14.6. The lowest BCUT2D eigenvalue weighted by Crippen LogP contribution is -2.34. The second-order valence-corrected chi connectivity index (χ2v) is 5.09. The van der Waals surface area contributed by atoms with Gasteiger partial charge in [0.2, 0.25) is 0 Å². The summed E-state index contributed by atoms with van der Waals surface area (Å²) in [6.07, 6.45) is 1.06. The highest BCUT2D eigenvalue weighted by atomic mass is 16.5. The van der Waals surface area contributed by atoms with Gasteiger partial charge in [-0.3, -0.25) is 4.79 Å². The maximum absolute atomic E-state index is 11.9. The second kappa shape index (κ2) is 6.04. The molecule has 1 atom stereocenters. The molecule has 0 saturated heterocycles. The highest BCUT2D eigenvalue weighted by Gasteiger charge is 2.44. The van der Waals surface area contributed by atoms with Crippen molar-refractivity contribution in [3.8, 4) is 6.07 Å². The van der Waals surface area contributed by atoms with Crippen LogP contribution >= 0.6 is 0 Å². The monoisotopic (exact) mass is 274 g/mol. The summed E-state index contributed by atoms with van der Waals surface area (Å²) in [5.41, 5.74) is 1.16. The fraction of sp³-hybridized carbons (Fsp3) is 0.467. The van der Waals surface area contributed by atoms with Crippen LogP contribution in [0.1, 0.15) is 28.8 Å². The third kappa shape index (κ3) is 3.16. The molecule has 1 amide bonds. The molecule has 0 heterocycles. The van der Waals surface area contributed by atoms with Crippen LogP contribution in [0, 0.1) is 11.3 Å². The molecule has 2 N–H and O–H groups in total. The number of nitriles is 1. The van der Waals surface area contributed by atoms with Crippen molar-refractivity contribution in [3.05, 3.63) is 35.4 Å². The average Bonchev–Trinajstić information content (AvgIpc) is 3.26. The molecule has 1 aliphatic carbocycles. The molecular weight excluding hydrogens is 256 g/mol. The van der Waals surface area contributed by atoms with E-state index < -0.39 is 6.10 Å². The SMILES string of the molecule is COCC(O)CNC(=O)c1ccc(C2(C#N)CC2)cc1. The fourth-order valence-corrected chi connectivity index (χ4v) is 2.09. The van der Waals surface area contributed by atoms with E-state index in [1.807, 2.05) is 12.1 Å². The number of nitrogens with one attached hydrogen (secondary N) is 1. The molecule has 1 aromatic rings. The van der Waals surface area contributed by atoms with Crippen LogP contribution in [0.2, 0.25) is 0 Å². The number of methoxy groups -OCH3 is 1. The molecule has 0 radical (unpaired) electrons. The van der Waals surface area contributed by atoms with E-state index in [1.165, 1.54) is 7.11 Å². The highest BCUT2D eigenvalue weighted by molar-refractivity contribution is 5.94. The van der Waals surface area contributed by atoms with E-state index in [0.717, 1.165) is 18.4 Å². The molecule has 0 bridgehead atoms. The zero-order valence-electron chi connectivity index (χ0n) is 11.4. The number of ether oxygens (including phenoxy) is 1. The third-order valence-electron chi connectivity index (χ3n) is 3.52. The third-order valence-corrected chi connectivity index (χ3v) is 3.52. The molecule has 5 nitrogen and oxygen atoms in total. The number of amides is 1. The van der Waals surface area contributed by atoms with Crippen molar-refractivity contribution in [2.75, 3.05) is 20.3 Å². The van der Waals surface area contributed by atoms with Gasteiger partial charge in [0.05, 0.1) is 24.2 Å². The topological polar surface area (TPSA) is 82.3 Å². The fourth-order valence-electron chi connectivity index (χ4n) is 2.09. The highest BCUT2D eigenvalue weighted by Crippen LogP contribution is 2.47. The van der Waals surface area contributed by atoms with Gasteiger partial charge in [0.1, 0.15) is 0 Å². The van der Waals surface area contributed by atoms with E-state index in [4.69, 9.17) is 10.00 Å². The number of aliphatic hydroxyl groups is 1. The predicted molar refractivity (Wildman–Crippen MR) is 73.2 cm³/mol. The van der Waals surface area contributed by atoms with Gasteiger partial charge in [0.15, 0.2) is 0 Å². The number of nitrogens with zero attached hydrogens (tertiary/aromatic N) is 1. The van der Waals surface area contributed by atoms with Crippen LogP contribution in [0.3, 0.4) is 0 Å². The average molecular weight is 274 g/mol. The van der Waals surface area contributed by atoms with Gasteiger partial charge in [-0.2, -0.15) is 5.26 Å². The van der Waals surface area contributed by atoms with Gasteiger partial charge in [0, 0.05) is 19.2 Å². The molecule has 1 saturated carbocycles. The van der Waals surface area contributed by atoms with E-state index in [2.05, 4.69) is 11.4 Å². The Hall–Kier alpha value is -1.90. The second-order valence-electron chi connectivity index (χ2n) is 5.09. The number of carbonyl (C=O) groups excluding carboxylic acids is 1. The van der Waals surface area contributed by atoms with E-state index in [0.29, 0.717) is 5.56 Å². The van der Waals surface area contributed by atoms with Crippen LogP contribution in [0.25, 0.3) is 0 Å². The minimum atomic E-state index is -0.712. The van der Waals surface area contributed by atoms with Crippen molar-refractivity contribution < 1.29 is 14.6 Å². The Bertz CT molecular complexity index is 515. The summed E-state index contributed by atoms with van der Waals surface area (Å²) in [4.78, 5) is 11.9. The number of aliphatic hydroxyl groups excluding tert-OH is 1. The summed E-state index contributed by atoms with van der Waals surface area (Å²) in [7, 11) is 1.49. The Labute approximate surface area is 118 Å². The van der Waals surface area contributed by atoms with Gasteiger partial charge in [-0.25, -0.2) is 0 Å². The van der Waals surface area contributed by atoms with Crippen LogP contribution in [0.5, 0.6) is 0 Å². The van der Waals surface area contributed by atoms with Crippen molar-refractivity contribution in [2.24, 2.45) is 0 Å². The van der Waals surface area contributed by atoms with Crippen LogP contribution in [-0.2, 0) is 10.2 Å². The Morgan fingerprint density at radius 3 is 2.65 bits per heavy atom. The first-order valence-electron chi connectivity index (χ1n) is 6.58. The molecule has 2 rings (SSSR count). The van der Waals surface area contributed by atoms with Crippen LogP contribution in [0.4, 0.5) is 0 Å². The lowest BCUT2D eigenvalue weighted by atomic mass is 9.96. The summed E-state index contributed by atoms with van der Waals surface area (Å²) in [6, 6.07) is 9.41. The van der Waals surface area contributed by atoms with Gasteiger partial charge in [-0.15, -0.1) is 0 Å². The number of hydrogen-bond acceptors (Lipinski definition) is 4. The van der Waals surface area contributed by atoms with Crippen molar-refractivity contribution >= 4 is 5.91 Å². The van der Waals surface area contributed by atoms with Crippen LogP contribution in [0.15, 0.2) is 24.3 Å². The molecule has 1 aromatic carbocycles. The zero-order valence-corrected chi connectivity index (χ0v) is 11.4. The van der Waals surface area contributed by atoms with E-state index in [1.54, 1.807) is 12.1 Å². The van der Waals surface area contributed by atoms with Crippen molar-refractivity contribution in [3.63, 3.8) is 0 Å². The molecule has 0 aliphatic heterocycles. The minimum absolute atomic E-state index is 0.149. The number of hydrogen-bond donors (Lipinski definition) is 2. The molecule has 1 aliphatic rings. The quantitative estimate of drug-likeness (QED) is 0.810. The smallest absolute Gasteiger partial charge is 0.251 e. The number of rotatable bonds is 6. The molecule has 106 valence electrons. The summed E-state index contributed by atoms with van der Waals surface area (Å²) in [5, 5.41) is 21.2. The first-order valence-corrected chi connectivity index (χ1v) is 6.58. The van der Waals surface area contributed by atoms with Gasteiger partial charge < -0.3 is 15.2 Å². The minimum Gasteiger partial charge on any atom is -0.389 e. The molecule has 20 heavy (non-hydrogen) atoms.